The summed E-state index contributed by atoms with van der Waals surface area (Å²) >= 11 is 0. The summed E-state index contributed by atoms with van der Waals surface area (Å²) in [6.45, 7) is 1.83. The number of nitrogens with one attached hydrogen (secondary N) is 2. The van der Waals surface area contributed by atoms with Crippen LogP contribution in [0.4, 0.5) is 21.5 Å². The van der Waals surface area contributed by atoms with Gasteiger partial charge in [-0.25, -0.2) is 4.39 Å². The molecule has 0 unspecified atom stereocenters. The highest BCUT2D eigenvalue weighted by atomic mass is 19.1. The molecule has 138 valence electrons. The third kappa shape index (κ3) is 2.91. The van der Waals surface area contributed by atoms with E-state index >= 15 is 0 Å². The Morgan fingerprint density at radius 3 is 2.39 bits per heavy atom. The maximum Gasteiger partial charge on any atom is 0.257 e. The Bertz CT molecular complexity index is 1080. The van der Waals surface area contributed by atoms with Gasteiger partial charge in [0.15, 0.2) is 0 Å². The highest BCUT2D eigenvalue weighted by Crippen LogP contribution is 2.32. The molecular formula is C23H18FN3O. The number of hydrogen-bond donors (Lipinski definition) is 2. The molecule has 28 heavy (non-hydrogen) atoms. The fraction of sp³-hybridized carbons (Fsp3) is 0.0870. The number of hydrogen-bond acceptors (Lipinski definition) is 3. The second kappa shape index (κ2) is 6.53. The number of benzene rings is 3. The van der Waals surface area contributed by atoms with Crippen LogP contribution in [0.2, 0.25) is 0 Å². The molecule has 0 atom stereocenters. The number of halogens is 1. The Morgan fingerprint density at radius 2 is 1.68 bits per heavy atom. The van der Waals surface area contributed by atoms with E-state index in [9.17, 15) is 9.18 Å². The van der Waals surface area contributed by atoms with E-state index in [1.165, 1.54) is 23.3 Å². The summed E-state index contributed by atoms with van der Waals surface area (Å²) in [5.41, 5.74) is 6.49. The molecule has 0 spiro atoms. The van der Waals surface area contributed by atoms with Gasteiger partial charge in [0.05, 0.1) is 11.3 Å². The van der Waals surface area contributed by atoms with E-state index in [0.717, 1.165) is 24.5 Å². The van der Waals surface area contributed by atoms with Gasteiger partial charge in [0, 0.05) is 36.2 Å². The first-order valence-corrected chi connectivity index (χ1v) is 9.17. The van der Waals surface area contributed by atoms with E-state index in [1.54, 1.807) is 12.3 Å². The Balaban J connectivity index is 1.31. The van der Waals surface area contributed by atoms with Crippen LogP contribution in [-0.4, -0.2) is 5.91 Å². The third-order valence-corrected chi connectivity index (χ3v) is 5.22. The number of carbonyl (C=O) groups excluding carboxylic acids is 1. The van der Waals surface area contributed by atoms with E-state index in [1.807, 2.05) is 12.1 Å². The van der Waals surface area contributed by atoms with Gasteiger partial charge < -0.3 is 15.5 Å². The van der Waals surface area contributed by atoms with E-state index in [4.69, 9.17) is 0 Å². The van der Waals surface area contributed by atoms with Crippen LogP contribution in [-0.2, 0) is 17.9 Å². The zero-order valence-corrected chi connectivity index (χ0v) is 15.1. The SMILES string of the molecule is O=C1Nc2cc(F)ccc2C1=CNc1ccc(N2Cc3ccccc3C2)cc1. The molecule has 3 aromatic rings. The lowest BCUT2D eigenvalue weighted by Gasteiger charge is -2.18. The Kier molecular flexibility index (Phi) is 3.86. The first-order chi connectivity index (χ1) is 13.7. The van der Waals surface area contributed by atoms with Gasteiger partial charge in [-0.15, -0.1) is 0 Å². The summed E-state index contributed by atoms with van der Waals surface area (Å²) in [4.78, 5) is 14.5. The number of nitrogens with zero attached hydrogens (tertiary/aromatic N) is 1. The summed E-state index contributed by atoms with van der Waals surface area (Å²) in [5, 5.41) is 5.86. The van der Waals surface area contributed by atoms with Crippen molar-refractivity contribution < 1.29 is 9.18 Å². The minimum atomic E-state index is -0.368. The van der Waals surface area contributed by atoms with Crippen LogP contribution in [0.25, 0.3) is 5.57 Å². The zero-order valence-electron chi connectivity index (χ0n) is 15.1. The summed E-state index contributed by atoms with van der Waals surface area (Å²) in [6.07, 6.45) is 1.67. The zero-order chi connectivity index (χ0) is 19.1. The van der Waals surface area contributed by atoms with Crippen molar-refractivity contribution in [1.29, 1.82) is 0 Å². The van der Waals surface area contributed by atoms with Crippen LogP contribution < -0.4 is 15.5 Å². The minimum absolute atomic E-state index is 0.237. The highest BCUT2D eigenvalue weighted by molar-refractivity contribution is 6.31. The molecule has 0 aromatic heterocycles. The van der Waals surface area contributed by atoms with Crippen LogP contribution in [0.15, 0.2) is 72.9 Å². The molecule has 0 bridgehead atoms. The molecule has 3 aromatic carbocycles. The molecule has 2 heterocycles. The van der Waals surface area contributed by atoms with E-state index in [-0.39, 0.29) is 11.7 Å². The van der Waals surface area contributed by atoms with Gasteiger partial charge in [0.25, 0.3) is 5.91 Å². The predicted molar refractivity (Wildman–Crippen MR) is 109 cm³/mol. The van der Waals surface area contributed by atoms with Crippen LogP contribution in [0.5, 0.6) is 0 Å². The lowest BCUT2D eigenvalue weighted by molar-refractivity contribution is -0.110. The fourth-order valence-corrected chi connectivity index (χ4v) is 3.75. The van der Waals surface area contributed by atoms with Crippen molar-refractivity contribution in [2.24, 2.45) is 0 Å². The van der Waals surface area contributed by atoms with Crippen molar-refractivity contribution in [2.45, 2.75) is 13.1 Å². The lowest BCUT2D eigenvalue weighted by atomic mass is 10.1. The number of rotatable bonds is 3. The summed E-state index contributed by atoms with van der Waals surface area (Å²) in [7, 11) is 0. The average Bonchev–Trinajstić information content (AvgIpc) is 3.27. The van der Waals surface area contributed by atoms with Gasteiger partial charge in [-0.3, -0.25) is 4.79 Å². The molecule has 5 rings (SSSR count). The largest absolute Gasteiger partial charge is 0.363 e. The minimum Gasteiger partial charge on any atom is -0.363 e. The monoisotopic (exact) mass is 371 g/mol. The van der Waals surface area contributed by atoms with E-state index in [0.29, 0.717) is 16.8 Å². The smallest absolute Gasteiger partial charge is 0.257 e. The molecule has 0 radical (unpaired) electrons. The van der Waals surface area contributed by atoms with Crippen LogP contribution in [0, 0.1) is 5.82 Å². The second-order valence-electron chi connectivity index (χ2n) is 7.02. The molecular weight excluding hydrogens is 353 g/mol. The normalized spacial score (nSPS) is 16.1. The lowest BCUT2D eigenvalue weighted by Crippen LogP contribution is -2.14. The van der Waals surface area contributed by atoms with Gasteiger partial charge in [0.2, 0.25) is 0 Å². The van der Waals surface area contributed by atoms with Crippen molar-refractivity contribution in [2.75, 3.05) is 15.5 Å². The average molecular weight is 371 g/mol. The number of carbonyl (C=O) groups is 1. The molecule has 5 heteroatoms. The Hall–Kier alpha value is -3.60. The predicted octanol–water partition coefficient (Wildman–Crippen LogP) is 4.75. The molecule has 4 nitrogen and oxygen atoms in total. The molecule has 0 saturated carbocycles. The molecule has 1 amide bonds. The summed E-state index contributed by atoms with van der Waals surface area (Å²) < 4.78 is 13.3. The topological polar surface area (TPSA) is 44.4 Å². The Morgan fingerprint density at radius 1 is 0.964 bits per heavy atom. The van der Waals surface area contributed by atoms with Gasteiger partial charge >= 0.3 is 0 Å². The first kappa shape index (κ1) is 16.6. The standard InChI is InChI=1S/C23H18FN3O/c24-17-5-10-20-21(23(28)26-22(20)11-17)12-25-18-6-8-19(9-7-18)27-13-15-3-1-2-4-16(15)14-27/h1-12,25H,13-14H2,(H,26,28). The quantitative estimate of drug-likeness (QED) is 0.653. The molecule has 0 fully saturated rings. The summed E-state index contributed by atoms with van der Waals surface area (Å²) in [5.74, 6) is -0.604. The van der Waals surface area contributed by atoms with E-state index in [2.05, 4.69) is 51.9 Å². The van der Waals surface area contributed by atoms with Gasteiger partial charge in [-0.05, 0) is 53.6 Å². The van der Waals surface area contributed by atoms with Crippen LogP contribution in [0.3, 0.4) is 0 Å². The van der Waals surface area contributed by atoms with Crippen molar-refractivity contribution in [1.82, 2.24) is 0 Å². The summed E-state index contributed by atoms with van der Waals surface area (Å²) in [6, 6.07) is 20.9. The van der Waals surface area contributed by atoms with Gasteiger partial charge in [0.1, 0.15) is 5.82 Å². The van der Waals surface area contributed by atoms with Crippen molar-refractivity contribution in [3.05, 3.63) is 95.4 Å². The molecule has 2 aliphatic rings. The number of amides is 1. The van der Waals surface area contributed by atoms with Gasteiger partial charge in [-0.2, -0.15) is 0 Å². The van der Waals surface area contributed by atoms with E-state index < -0.39 is 0 Å². The molecule has 0 saturated heterocycles. The molecule has 0 aliphatic carbocycles. The first-order valence-electron chi connectivity index (χ1n) is 9.17. The molecule has 2 aliphatic heterocycles. The van der Waals surface area contributed by atoms with Crippen molar-refractivity contribution in [3.8, 4) is 0 Å². The van der Waals surface area contributed by atoms with Gasteiger partial charge in [-0.1, -0.05) is 24.3 Å². The Labute approximate surface area is 162 Å². The van der Waals surface area contributed by atoms with Crippen LogP contribution in [0.1, 0.15) is 16.7 Å². The van der Waals surface area contributed by atoms with Crippen molar-refractivity contribution in [3.63, 3.8) is 0 Å². The second-order valence-corrected chi connectivity index (χ2v) is 7.02. The van der Waals surface area contributed by atoms with Crippen molar-refractivity contribution >= 4 is 28.5 Å². The number of anilines is 3. The molecule has 2 N–H and O–H groups in total. The maximum absolute atomic E-state index is 13.3. The fourth-order valence-electron chi connectivity index (χ4n) is 3.75. The highest BCUT2D eigenvalue weighted by Gasteiger charge is 2.24. The third-order valence-electron chi connectivity index (χ3n) is 5.22. The number of fused-ring (bicyclic) bond motifs is 2. The maximum atomic E-state index is 13.3. The van der Waals surface area contributed by atoms with Crippen LogP contribution >= 0.6 is 0 Å².